The molecule has 0 unspecified atom stereocenters. The molecule has 3 rings (SSSR count). The van der Waals surface area contributed by atoms with Crippen LogP contribution in [0.15, 0.2) is 15.3 Å². The maximum atomic E-state index is 12.5. The molecule has 0 bridgehead atoms. The summed E-state index contributed by atoms with van der Waals surface area (Å²) in [6, 6.07) is 1.94. The molecule has 0 atom stereocenters. The van der Waals surface area contributed by atoms with E-state index in [-0.39, 0.29) is 35.2 Å². The Morgan fingerprint density at radius 3 is 2.64 bits per heavy atom. The highest BCUT2D eigenvalue weighted by molar-refractivity contribution is 6.33. The Bertz CT molecular complexity index is 919. The number of esters is 1. The van der Waals surface area contributed by atoms with Gasteiger partial charge < -0.3 is 19.6 Å². The Hall–Kier alpha value is -1.76. The van der Waals surface area contributed by atoms with E-state index < -0.39 is 11.6 Å². The first-order valence-electron chi connectivity index (χ1n) is 9.19. The van der Waals surface area contributed by atoms with Gasteiger partial charge in [-0.3, -0.25) is 4.79 Å². The monoisotopic (exact) mass is 429 g/mol. The lowest BCUT2D eigenvalue weighted by molar-refractivity contribution is -0.139. The lowest BCUT2D eigenvalue weighted by atomic mass is 9.95. The molecule has 8 heteroatoms. The van der Waals surface area contributed by atoms with E-state index in [1.807, 2.05) is 0 Å². The topological polar surface area (TPSA) is 88.8 Å². The molecular weight excluding hydrogens is 405 g/mol. The van der Waals surface area contributed by atoms with E-state index >= 15 is 0 Å². The fourth-order valence-corrected chi connectivity index (χ4v) is 3.90. The number of phenols is 1. The van der Waals surface area contributed by atoms with Crippen molar-refractivity contribution in [3.05, 3.63) is 38.2 Å². The third kappa shape index (κ3) is 4.62. The van der Waals surface area contributed by atoms with E-state index in [1.54, 1.807) is 13.0 Å². The highest BCUT2D eigenvalue weighted by atomic mass is 35.5. The number of phenolic OH excluding ortho intramolecular Hbond substituents is 1. The first-order chi connectivity index (χ1) is 12.9. The van der Waals surface area contributed by atoms with Crippen molar-refractivity contribution in [2.75, 3.05) is 7.11 Å². The lowest BCUT2D eigenvalue weighted by Crippen LogP contribution is -2.30. The van der Waals surface area contributed by atoms with Crippen molar-refractivity contribution in [3.8, 4) is 5.75 Å². The zero-order valence-electron chi connectivity index (χ0n) is 16.0. The zero-order chi connectivity index (χ0) is 19.6. The lowest BCUT2D eigenvalue weighted by Gasteiger charge is -2.23. The molecule has 0 aliphatic heterocycles. The fraction of sp³-hybridized carbons (Fsp3) is 0.500. The molecule has 0 spiro atoms. The van der Waals surface area contributed by atoms with Crippen LogP contribution >= 0.6 is 24.0 Å². The van der Waals surface area contributed by atoms with Crippen LogP contribution < -0.4 is 10.9 Å². The number of rotatable bonds is 5. The van der Waals surface area contributed by atoms with Gasteiger partial charge in [-0.15, -0.1) is 12.4 Å². The summed E-state index contributed by atoms with van der Waals surface area (Å²) >= 11 is 6.22. The van der Waals surface area contributed by atoms with Crippen LogP contribution in [0, 0.1) is 6.92 Å². The van der Waals surface area contributed by atoms with Crippen LogP contribution in [0.1, 0.15) is 48.8 Å². The van der Waals surface area contributed by atoms with Crippen LogP contribution in [0.5, 0.6) is 5.75 Å². The largest absolute Gasteiger partial charge is 0.506 e. The number of aryl methyl sites for hydroxylation is 1. The van der Waals surface area contributed by atoms with Crippen LogP contribution in [0.3, 0.4) is 0 Å². The van der Waals surface area contributed by atoms with Gasteiger partial charge in [-0.05, 0) is 31.4 Å². The summed E-state index contributed by atoms with van der Waals surface area (Å²) < 4.78 is 10.2. The molecule has 6 nitrogen and oxygen atoms in total. The summed E-state index contributed by atoms with van der Waals surface area (Å²) in [5.74, 6) is -0.607. The molecule has 1 aliphatic carbocycles. The number of carbonyl (C=O) groups excluding carboxylic acids is 1. The second kappa shape index (κ2) is 9.63. The molecule has 1 aromatic heterocycles. The van der Waals surface area contributed by atoms with Crippen LogP contribution in [-0.4, -0.2) is 24.2 Å². The van der Waals surface area contributed by atoms with Crippen molar-refractivity contribution in [1.29, 1.82) is 0 Å². The molecule has 1 fully saturated rings. The highest BCUT2D eigenvalue weighted by Crippen LogP contribution is 2.36. The van der Waals surface area contributed by atoms with Crippen LogP contribution in [0.4, 0.5) is 0 Å². The summed E-state index contributed by atoms with van der Waals surface area (Å²) in [5.41, 5.74) is 1.00. The van der Waals surface area contributed by atoms with E-state index in [0.717, 1.165) is 12.8 Å². The van der Waals surface area contributed by atoms with Crippen LogP contribution in [-0.2, 0) is 22.5 Å². The van der Waals surface area contributed by atoms with Gasteiger partial charge in [0.2, 0.25) is 0 Å². The Kier molecular flexibility index (Phi) is 7.75. The van der Waals surface area contributed by atoms with Gasteiger partial charge in [0.1, 0.15) is 11.3 Å². The summed E-state index contributed by atoms with van der Waals surface area (Å²) in [5, 5.41) is 14.7. The third-order valence-electron chi connectivity index (χ3n) is 5.32. The van der Waals surface area contributed by atoms with Crippen molar-refractivity contribution in [3.63, 3.8) is 0 Å². The minimum Gasteiger partial charge on any atom is -0.506 e. The van der Waals surface area contributed by atoms with E-state index in [4.69, 9.17) is 16.0 Å². The molecule has 0 saturated heterocycles. The molecule has 1 heterocycles. The first-order valence-corrected chi connectivity index (χ1v) is 9.57. The summed E-state index contributed by atoms with van der Waals surface area (Å²) in [4.78, 5) is 24.1. The number of hydrogen-bond acceptors (Lipinski definition) is 6. The van der Waals surface area contributed by atoms with Crippen molar-refractivity contribution in [2.45, 2.75) is 58.0 Å². The number of ether oxygens (including phenoxy) is 1. The molecule has 1 saturated carbocycles. The maximum Gasteiger partial charge on any atom is 0.340 e. The molecule has 0 amide bonds. The predicted octanol–water partition coefficient (Wildman–Crippen LogP) is 4.02. The quantitative estimate of drug-likeness (QED) is 0.550. The number of nitrogens with one attached hydrogen (secondary N) is 1. The number of carbonyl (C=O) groups is 1. The van der Waals surface area contributed by atoms with Gasteiger partial charge in [0.25, 0.3) is 0 Å². The summed E-state index contributed by atoms with van der Waals surface area (Å²) in [6.07, 6.45) is 5.63. The van der Waals surface area contributed by atoms with Gasteiger partial charge in [-0.1, -0.05) is 30.9 Å². The van der Waals surface area contributed by atoms with Gasteiger partial charge in [0.15, 0.2) is 0 Å². The Morgan fingerprint density at radius 1 is 1.32 bits per heavy atom. The molecule has 1 aromatic carbocycles. The molecule has 28 heavy (non-hydrogen) atoms. The second-order valence-electron chi connectivity index (χ2n) is 7.02. The second-order valence-corrected chi connectivity index (χ2v) is 7.43. The van der Waals surface area contributed by atoms with E-state index in [1.165, 1.54) is 26.4 Å². The van der Waals surface area contributed by atoms with Crippen molar-refractivity contribution in [2.24, 2.45) is 0 Å². The maximum absolute atomic E-state index is 12.5. The van der Waals surface area contributed by atoms with Gasteiger partial charge in [-0.2, -0.15) is 0 Å². The average Bonchev–Trinajstić information content (AvgIpc) is 2.67. The van der Waals surface area contributed by atoms with Crippen molar-refractivity contribution in [1.82, 2.24) is 5.32 Å². The van der Waals surface area contributed by atoms with Gasteiger partial charge in [0.05, 0.1) is 29.7 Å². The van der Waals surface area contributed by atoms with Crippen molar-refractivity contribution < 1.29 is 19.1 Å². The molecule has 154 valence electrons. The standard InChI is InChI=1S/C20H24ClNO5.ClH/c1-11-13-8-16(21)18(24)15(10-22-12-6-4-3-5-7-12)19(13)27-20(25)14(11)9-17(23)26-2;/h8,12,22,24H,3-7,9-10H2,1-2H3;1H. The molecule has 1 aliphatic rings. The van der Waals surface area contributed by atoms with Gasteiger partial charge in [0, 0.05) is 18.0 Å². The third-order valence-corrected chi connectivity index (χ3v) is 5.61. The van der Waals surface area contributed by atoms with Crippen LogP contribution in [0.25, 0.3) is 11.0 Å². The van der Waals surface area contributed by atoms with Crippen LogP contribution in [0.2, 0.25) is 5.02 Å². The number of hydrogen-bond donors (Lipinski definition) is 2. The molecular formula is C20H25Cl2NO5. The number of methoxy groups -OCH3 is 1. The van der Waals surface area contributed by atoms with Gasteiger partial charge >= 0.3 is 11.6 Å². The molecule has 0 radical (unpaired) electrons. The summed E-state index contributed by atoms with van der Waals surface area (Å²) in [7, 11) is 1.27. The van der Waals surface area contributed by atoms with Crippen molar-refractivity contribution >= 4 is 40.9 Å². The fourth-order valence-electron chi connectivity index (χ4n) is 3.68. The number of benzene rings is 1. The first kappa shape index (κ1) is 22.5. The van der Waals surface area contributed by atoms with E-state index in [9.17, 15) is 14.7 Å². The predicted molar refractivity (Wildman–Crippen MR) is 111 cm³/mol. The van der Waals surface area contributed by atoms with E-state index in [2.05, 4.69) is 10.1 Å². The molecule has 2 aromatic rings. The Balaban J connectivity index is 0.00000280. The molecule has 2 N–H and O–H groups in total. The average molecular weight is 430 g/mol. The Morgan fingerprint density at radius 2 is 2.00 bits per heavy atom. The highest BCUT2D eigenvalue weighted by Gasteiger charge is 2.22. The van der Waals surface area contributed by atoms with E-state index in [0.29, 0.717) is 34.7 Å². The minimum atomic E-state index is -0.606. The summed E-state index contributed by atoms with van der Waals surface area (Å²) in [6.45, 7) is 2.09. The zero-order valence-corrected chi connectivity index (χ0v) is 17.5. The smallest absolute Gasteiger partial charge is 0.340 e. The number of halogens is 2. The SMILES string of the molecule is COC(=O)Cc1c(C)c2cc(Cl)c(O)c(CNC3CCCCC3)c2oc1=O.Cl. The van der Waals surface area contributed by atoms with Gasteiger partial charge in [-0.25, -0.2) is 4.79 Å². The normalized spacial score (nSPS) is 14.7. The number of aromatic hydroxyl groups is 1. The minimum absolute atomic E-state index is 0. The Labute approximate surface area is 174 Å². The number of fused-ring (bicyclic) bond motifs is 1.